The SMILES string of the molecule is CCC1(O)CCCN(S(=O)(=O)c2cc(C)ccc2F)C1. The van der Waals surface area contributed by atoms with Gasteiger partial charge in [0.25, 0.3) is 0 Å². The van der Waals surface area contributed by atoms with E-state index in [9.17, 15) is 17.9 Å². The summed E-state index contributed by atoms with van der Waals surface area (Å²) in [4.78, 5) is -0.308. The molecule has 1 aliphatic rings. The summed E-state index contributed by atoms with van der Waals surface area (Å²) in [6, 6.07) is 4.04. The first kappa shape index (κ1) is 15.4. The van der Waals surface area contributed by atoms with E-state index in [2.05, 4.69) is 0 Å². The van der Waals surface area contributed by atoms with Crippen LogP contribution in [-0.2, 0) is 10.0 Å². The van der Waals surface area contributed by atoms with Crippen LogP contribution in [0.1, 0.15) is 31.7 Å². The molecule has 1 aliphatic heterocycles. The lowest BCUT2D eigenvalue weighted by atomic mass is 9.92. The second-order valence-electron chi connectivity index (χ2n) is 5.45. The van der Waals surface area contributed by atoms with Crippen LogP contribution in [0, 0.1) is 12.7 Å². The Bertz CT molecular complexity index is 602. The Morgan fingerprint density at radius 3 is 2.80 bits per heavy atom. The molecule has 112 valence electrons. The fourth-order valence-electron chi connectivity index (χ4n) is 2.51. The van der Waals surface area contributed by atoms with Crippen LogP contribution >= 0.6 is 0 Å². The van der Waals surface area contributed by atoms with E-state index < -0.39 is 21.4 Å². The first-order valence-electron chi connectivity index (χ1n) is 6.77. The maximum absolute atomic E-state index is 13.8. The highest BCUT2D eigenvalue weighted by atomic mass is 32.2. The number of aryl methyl sites for hydroxylation is 1. The van der Waals surface area contributed by atoms with Crippen molar-refractivity contribution in [1.29, 1.82) is 0 Å². The second-order valence-corrected chi connectivity index (χ2v) is 7.36. The van der Waals surface area contributed by atoms with Crippen molar-refractivity contribution in [3.8, 4) is 0 Å². The van der Waals surface area contributed by atoms with E-state index >= 15 is 0 Å². The monoisotopic (exact) mass is 301 g/mol. The third-order valence-electron chi connectivity index (χ3n) is 3.88. The molecule has 0 radical (unpaired) electrons. The molecule has 1 heterocycles. The maximum Gasteiger partial charge on any atom is 0.246 e. The minimum absolute atomic E-state index is 0.0270. The highest BCUT2D eigenvalue weighted by Gasteiger charge is 2.38. The number of benzene rings is 1. The van der Waals surface area contributed by atoms with Crippen LogP contribution in [0.2, 0.25) is 0 Å². The molecule has 6 heteroatoms. The number of nitrogens with zero attached hydrogens (tertiary/aromatic N) is 1. The molecule has 1 atom stereocenters. The molecule has 0 spiro atoms. The Hall–Kier alpha value is -0.980. The first-order chi connectivity index (χ1) is 9.28. The van der Waals surface area contributed by atoms with Gasteiger partial charge in [-0.1, -0.05) is 13.0 Å². The molecule has 2 rings (SSSR count). The lowest BCUT2D eigenvalue weighted by molar-refractivity contribution is -0.0108. The molecule has 0 aromatic heterocycles. The Morgan fingerprint density at radius 1 is 1.45 bits per heavy atom. The van der Waals surface area contributed by atoms with Crippen molar-refractivity contribution in [1.82, 2.24) is 4.31 Å². The third kappa shape index (κ3) is 2.87. The third-order valence-corrected chi connectivity index (χ3v) is 5.74. The number of hydrogen-bond donors (Lipinski definition) is 1. The Balaban J connectivity index is 2.37. The smallest absolute Gasteiger partial charge is 0.246 e. The molecule has 1 aromatic rings. The van der Waals surface area contributed by atoms with Crippen molar-refractivity contribution in [2.45, 2.75) is 43.6 Å². The van der Waals surface area contributed by atoms with Gasteiger partial charge < -0.3 is 5.11 Å². The molecular formula is C14H20FNO3S. The van der Waals surface area contributed by atoms with Gasteiger partial charge in [0.1, 0.15) is 10.7 Å². The van der Waals surface area contributed by atoms with Crippen molar-refractivity contribution in [3.05, 3.63) is 29.6 Å². The minimum Gasteiger partial charge on any atom is -0.389 e. The predicted octanol–water partition coefficient (Wildman–Crippen LogP) is 2.06. The van der Waals surface area contributed by atoms with Crippen LogP contribution in [-0.4, -0.2) is 36.5 Å². The van der Waals surface area contributed by atoms with Crippen LogP contribution in [0.3, 0.4) is 0 Å². The van der Waals surface area contributed by atoms with E-state index in [0.717, 1.165) is 6.07 Å². The van der Waals surface area contributed by atoms with Crippen LogP contribution in [0.5, 0.6) is 0 Å². The number of hydrogen-bond acceptors (Lipinski definition) is 3. The summed E-state index contributed by atoms with van der Waals surface area (Å²) in [6.45, 7) is 3.89. The lowest BCUT2D eigenvalue weighted by Crippen LogP contribution is -2.50. The van der Waals surface area contributed by atoms with Crippen LogP contribution < -0.4 is 0 Å². The molecule has 0 amide bonds. The summed E-state index contributed by atoms with van der Waals surface area (Å²) in [7, 11) is -3.90. The number of rotatable bonds is 3. The quantitative estimate of drug-likeness (QED) is 0.929. The molecule has 1 N–H and O–H groups in total. The van der Waals surface area contributed by atoms with Crippen LogP contribution in [0.15, 0.2) is 23.1 Å². The summed E-state index contributed by atoms with van der Waals surface area (Å²) >= 11 is 0. The average molecular weight is 301 g/mol. The summed E-state index contributed by atoms with van der Waals surface area (Å²) in [5.74, 6) is -0.749. The zero-order chi connectivity index (χ0) is 15.0. The van der Waals surface area contributed by atoms with Crippen LogP contribution in [0.4, 0.5) is 4.39 Å². The molecule has 4 nitrogen and oxygen atoms in total. The number of piperidine rings is 1. The fourth-order valence-corrected chi connectivity index (χ4v) is 4.22. The van der Waals surface area contributed by atoms with Crippen LogP contribution in [0.25, 0.3) is 0 Å². The molecule has 0 aliphatic carbocycles. The van der Waals surface area contributed by atoms with Crippen molar-refractivity contribution in [2.24, 2.45) is 0 Å². The van der Waals surface area contributed by atoms with E-state index in [1.54, 1.807) is 6.92 Å². The summed E-state index contributed by atoms with van der Waals surface area (Å²) < 4.78 is 40.1. The Kier molecular flexibility index (Phi) is 4.18. The van der Waals surface area contributed by atoms with E-state index in [1.807, 2.05) is 6.92 Å². The fraction of sp³-hybridized carbons (Fsp3) is 0.571. The highest BCUT2D eigenvalue weighted by Crippen LogP contribution is 2.29. The van der Waals surface area contributed by atoms with Crippen molar-refractivity contribution in [3.63, 3.8) is 0 Å². The number of aliphatic hydroxyl groups is 1. The molecular weight excluding hydrogens is 281 g/mol. The molecule has 1 fully saturated rings. The minimum atomic E-state index is -3.90. The summed E-state index contributed by atoms with van der Waals surface area (Å²) in [5, 5.41) is 10.3. The molecule has 1 unspecified atom stereocenters. The molecule has 0 saturated carbocycles. The summed E-state index contributed by atoms with van der Waals surface area (Å²) in [5.41, 5.74) is -0.321. The maximum atomic E-state index is 13.8. The van der Waals surface area contributed by atoms with Gasteiger partial charge in [-0.15, -0.1) is 0 Å². The number of halogens is 1. The van der Waals surface area contributed by atoms with Gasteiger partial charge >= 0.3 is 0 Å². The standard InChI is InChI=1S/C14H20FNO3S/c1-3-14(17)7-4-8-16(10-14)20(18,19)13-9-11(2)5-6-12(13)15/h5-6,9,17H,3-4,7-8,10H2,1-2H3. The first-order valence-corrected chi connectivity index (χ1v) is 8.21. The molecule has 1 aromatic carbocycles. The van der Waals surface area contributed by atoms with Crippen molar-refractivity contribution < 1.29 is 17.9 Å². The second kappa shape index (κ2) is 5.42. The Morgan fingerprint density at radius 2 is 2.15 bits per heavy atom. The van der Waals surface area contributed by atoms with Gasteiger partial charge in [0.2, 0.25) is 10.0 Å². The van der Waals surface area contributed by atoms with Gasteiger partial charge in [0.15, 0.2) is 0 Å². The number of sulfonamides is 1. The van der Waals surface area contributed by atoms with Gasteiger partial charge in [0, 0.05) is 13.1 Å². The lowest BCUT2D eigenvalue weighted by Gasteiger charge is -2.37. The van der Waals surface area contributed by atoms with Gasteiger partial charge in [0.05, 0.1) is 5.60 Å². The number of β-amino-alcohol motifs (C(OH)–C–C–N with tert-alkyl or cyclic N) is 1. The van der Waals surface area contributed by atoms with E-state index in [0.29, 0.717) is 31.4 Å². The molecule has 1 saturated heterocycles. The van der Waals surface area contributed by atoms with Gasteiger partial charge in [-0.3, -0.25) is 0 Å². The average Bonchev–Trinajstić information content (AvgIpc) is 2.41. The van der Waals surface area contributed by atoms with E-state index in [4.69, 9.17) is 0 Å². The van der Waals surface area contributed by atoms with Gasteiger partial charge in [-0.25, -0.2) is 12.8 Å². The Labute approximate surface area is 119 Å². The van der Waals surface area contributed by atoms with Gasteiger partial charge in [-0.2, -0.15) is 4.31 Å². The zero-order valence-corrected chi connectivity index (χ0v) is 12.6. The van der Waals surface area contributed by atoms with E-state index in [-0.39, 0.29) is 11.4 Å². The van der Waals surface area contributed by atoms with Crippen molar-refractivity contribution >= 4 is 10.0 Å². The highest BCUT2D eigenvalue weighted by molar-refractivity contribution is 7.89. The topological polar surface area (TPSA) is 57.6 Å². The van der Waals surface area contributed by atoms with Gasteiger partial charge in [-0.05, 0) is 43.9 Å². The molecule has 0 bridgehead atoms. The predicted molar refractivity (Wildman–Crippen MR) is 74.4 cm³/mol. The normalized spacial score (nSPS) is 24.8. The zero-order valence-electron chi connectivity index (χ0n) is 11.8. The molecule has 20 heavy (non-hydrogen) atoms. The summed E-state index contributed by atoms with van der Waals surface area (Å²) in [6.07, 6.45) is 1.64. The largest absolute Gasteiger partial charge is 0.389 e. The van der Waals surface area contributed by atoms with Crippen molar-refractivity contribution in [2.75, 3.05) is 13.1 Å². The van der Waals surface area contributed by atoms with E-state index in [1.165, 1.54) is 16.4 Å².